The highest BCUT2D eigenvalue weighted by Gasteiger charge is 2.17. The van der Waals surface area contributed by atoms with Crippen LogP contribution in [0.5, 0.6) is 0 Å². The fraction of sp³-hybridized carbons (Fsp3) is 0.125. The minimum Gasteiger partial charge on any atom is -0.465 e. The lowest BCUT2D eigenvalue weighted by Gasteiger charge is -2.11. The molecule has 0 saturated carbocycles. The van der Waals surface area contributed by atoms with Crippen molar-refractivity contribution in [2.75, 3.05) is 7.11 Å². The molecule has 8 heteroatoms. The summed E-state index contributed by atoms with van der Waals surface area (Å²) in [4.78, 5) is 41.6. The van der Waals surface area contributed by atoms with Gasteiger partial charge in [0.2, 0.25) is 0 Å². The number of methoxy groups -OCH3 is 1. The van der Waals surface area contributed by atoms with E-state index in [1.807, 2.05) is 30.3 Å². The maximum atomic E-state index is 13.0. The standard InChI is InChI=1S/C24H20N4O4/c1-32-24(31)17-11-12-18(25-13-17)14-26-22(29)21-19-9-5-6-10-20(19)23(30)28(27-21)15-16-7-3-2-4-8-16/h2-13H,14-15H2,1H3,(H,26,29). The highest BCUT2D eigenvalue weighted by Crippen LogP contribution is 2.14. The molecule has 0 saturated heterocycles. The van der Waals surface area contributed by atoms with E-state index in [1.165, 1.54) is 18.0 Å². The van der Waals surface area contributed by atoms with Gasteiger partial charge in [-0.25, -0.2) is 9.48 Å². The Morgan fingerprint density at radius 3 is 2.38 bits per heavy atom. The molecule has 0 aliphatic rings. The summed E-state index contributed by atoms with van der Waals surface area (Å²) >= 11 is 0. The number of aromatic nitrogens is 3. The first kappa shape index (κ1) is 20.9. The van der Waals surface area contributed by atoms with Crippen molar-refractivity contribution in [3.63, 3.8) is 0 Å². The Labute approximate surface area is 183 Å². The molecule has 4 rings (SSSR count). The molecule has 0 fully saturated rings. The van der Waals surface area contributed by atoms with Gasteiger partial charge in [0.15, 0.2) is 5.69 Å². The van der Waals surface area contributed by atoms with Gasteiger partial charge in [-0.2, -0.15) is 5.10 Å². The predicted molar refractivity (Wildman–Crippen MR) is 118 cm³/mol. The van der Waals surface area contributed by atoms with Crippen LogP contribution < -0.4 is 10.9 Å². The van der Waals surface area contributed by atoms with Crippen molar-refractivity contribution in [1.29, 1.82) is 0 Å². The quantitative estimate of drug-likeness (QED) is 0.474. The van der Waals surface area contributed by atoms with Crippen molar-refractivity contribution in [3.8, 4) is 0 Å². The van der Waals surface area contributed by atoms with E-state index in [1.54, 1.807) is 36.4 Å². The Bertz CT molecular complexity index is 1330. The molecule has 1 amide bonds. The van der Waals surface area contributed by atoms with Crippen LogP contribution in [0, 0.1) is 0 Å². The molecule has 0 bridgehead atoms. The number of fused-ring (bicyclic) bond motifs is 1. The van der Waals surface area contributed by atoms with Gasteiger partial charge in [-0.15, -0.1) is 0 Å². The second-order valence-electron chi connectivity index (χ2n) is 7.06. The molecular formula is C24H20N4O4. The van der Waals surface area contributed by atoms with Gasteiger partial charge in [-0.1, -0.05) is 48.5 Å². The number of hydrogen-bond donors (Lipinski definition) is 1. The molecule has 1 N–H and O–H groups in total. The van der Waals surface area contributed by atoms with E-state index in [4.69, 9.17) is 0 Å². The molecule has 0 spiro atoms. The number of ether oxygens (including phenoxy) is 1. The molecule has 2 aromatic heterocycles. The third-order valence-electron chi connectivity index (χ3n) is 4.93. The van der Waals surface area contributed by atoms with Crippen LogP contribution in [-0.2, 0) is 17.8 Å². The third kappa shape index (κ3) is 4.39. The van der Waals surface area contributed by atoms with Crippen molar-refractivity contribution in [2.45, 2.75) is 13.1 Å². The molecule has 2 aromatic carbocycles. The minimum atomic E-state index is -0.482. The number of amides is 1. The predicted octanol–water partition coefficient (Wildman–Crippen LogP) is 2.56. The van der Waals surface area contributed by atoms with E-state index < -0.39 is 11.9 Å². The van der Waals surface area contributed by atoms with Gasteiger partial charge >= 0.3 is 5.97 Å². The Kier molecular flexibility index (Phi) is 6.03. The van der Waals surface area contributed by atoms with Crippen molar-refractivity contribution in [1.82, 2.24) is 20.1 Å². The molecule has 0 unspecified atom stereocenters. The molecule has 0 radical (unpaired) electrons. The molecule has 2 heterocycles. The van der Waals surface area contributed by atoms with E-state index in [-0.39, 0.29) is 24.3 Å². The maximum absolute atomic E-state index is 13.0. The van der Waals surface area contributed by atoms with Gasteiger partial charge in [-0.05, 0) is 23.8 Å². The van der Waals surface area contributed by atoms with Crippen LogP contribution in [0.4, 0.5) is 0 Å². The molecule has 32 heavy (non-hydrogen) atoms. The monoisotopic (exact) mass is 428 g/mol. The number of carbonyl (C=O) groups is 2. The van der Waals surface area contributed by atoms with Gasteiger partial charge in [0, 0.05) is 11.6 Å². The van der Waals surface area contributed by atoms with Gasteiger partial charge in [0.1, 0.15) is 0 Å². The average Bonchev–Trinajstić information content (AvgIpc) is 2.84. The lowest BCUT2D eigenvalue weighted by Crippen LogP contribution is -2.31. The Morgan fingerprint density at radius 1 is 0.969 bits per heavy atom. The Morgan fingerprint density at radius 2 is 1.69 bits per heavy atom. The molecule has 0 aliphatic heterocycles. The molecule has 0 atom stereocenters. The summed E-state index contributed by atoms with van der Waals surface area (Å²) in [5.41, 5.74) is 1.68. The number of rotatable bonds is 6. The molecule has 4 aromatic rings. The largest absolute Gasteiger partial charge is 0.465 e. The summed E-state index contributed by atoms with van der Waals surface area (Å²) < 4.78 is 5.95. The molecule has 160 valence electrons. The summed E-state index contributed by atoms with van der Waals surface area (Å²) in [6.45, 7) is 0.384. The van der Waals surface area contributed by atoms with Crippen LogP contribution in [0.15, 0.2) is 77.7 Å². The lowest BCUT2D eigenvalue weighted by atomic mass is 10.1. The first-order chi connectivity index (χ1) is 15.6. The van der Waals surface area contributed by atoms with E-state index in [0.29, 0.717) is 22.0 Å². The van der Waals surface area contributed by atoms with E-state index in [0.717, 1.165) is 5.56 Å². The number of benzene rings is 2. The molecule has 0 aliphatic carbocycles. The van der Waals surface area contributed by atoms with E-state index in [9.17, 15) is 14.4 Å². The van der Waals surface area contributed by atoms with Crippen molar-refractivity contribution < 1.29 is 14.3 Å². The highest BCUT2D eigenvalue weighted by atomic mass is 16.5. The van der Waals surface area contributed by atoms with Gasteiger partial charge in [0.05, 0.1) is 36.8 Å². The smallest absolute Gasteiger partial charge is 0.339 e. The fourth-order valence-electron chi connectivity index (χ4n) is 3.29. The van der Waals surface area contributed by atoms with E-state index in [2.05, 4.69) is 20.1 Å². The summed E-state index contributed by atoms with van der Waals surface area (Å²) in [5, 5.41) is 8.05. The zero-order valence-corrected chi connectivity index (χ0v) is 17.3. The summed E-state index contributed by atoms with van der Waals surface area (Å²) in [7, 11) is 1.30. The Hall–Kier alpha value is -4.33. The zero-order valence-electron chi connectivity index (χ0n) is 17.3. The number of hydrogen-bond acceptors (Lipinski definition) is 6. The SMILES string of the molecule is COC(=O)c1ccc(CNC(=O)c2nn(Cc3ccccc3)c(=O)c3ccccc23)nc1. The summed E-state index contributed by atoms with van der Waals surface area (Å²) in [6.07, 6.45) is 1.39. The van der Waals surface area contributed by atoms with Crippen molar-refractivity contribution in [3.05, 3.63) is 106 Å². The highest BCUT2D eigenvalue weighted by molar-refractivity contribution is 6.04. The van der Waals surface area contributed by atoms with Gasteiger partial charge in [0.25, 0.3) is 11.5 Å². The van der Waals surface area contributed by atoms with Crippen LogP contribution in [0.1, 0.15) is 32.1 Å². The van der Waals surface area contributed by atoms with Crippen molar-refractivity contribution in [2.24, 2.45) is 0 Å². The zero-order chi connectivity index (χ0) is 22.5. The van der Waals surface area contributed by atoms with Crippen LogP contribution in [0.25, 0.3) is 10.8 Å². The summed E-state index contributed by atoms with van der Waals surface area (Å²) in [6, 6.07) is 19.6. The number of pyridine rings is 1. The van der Waals surface area contributed by atoms with Crippen molar-refractivity contribution >= 4 is 22.6 Å². The van der Waals surface area contributed by atoms with Crippen LogP contribution in [-0.4, -0.2) is 33.8 Å². The summed E-state index contributed by atoms with van der Waals surface area (Å²) in [5.74, 6) is -0.911. The van der Waals surface area contributed by atoms with Crippen LogP contribution in [0.2, 0.25) is 0 Å². The average molecular weight is 428 g/mol. The third-order valence-corrected chi connectivity index (χ3v) is 4.93. The number of nitrogens with zero attached hydrogens (tertiary/aromatic N) is 3. The molecular weight excluding hydrogens is 408 g/mol. The topological polar surface area (TPSA) is 103 Å². The first-order valence-corrected chi connectivity index (χ1v) is 9.92. The normalized spacial score (nSPS) is 10.7. The number of carbonyl (C=O) groups excluding carboxylic acids is 2. The fourth-order valence-corrected chi connectivity index (χ4v) is 3.29. The van der Waals surface area contributed by atoms with Crippen LogP contribution >= 0.6 is 0 Å². The minimum absolute atomic E-state index is 0.133. The lowest BCUT2D eigenvalue weighted by molar-refractivity contribution is 0.0600. The first-order valence-electron chi connectivity index (χ1n) is 9.92. The Balaban J connectivity index is 1.61. The molecule has 8 nitrogen and oxygen atoms in total. The maximum Gasteiger partial charge on any atom is 0.339 e. The number of esters is 1. The second kappa shape index (κ2) is 9.22. The number of nitrogens with one attached hydrogen (secondary N) is 1. The second-order valence-corrected chi connectivity index (χ2v) is 7.06. The van der Waals surface area contributed by atoms with Gasteiger partial charge < -0.3 is 10.1 Å². The van der Waals surface area contributed by atoms with Crippen LogP contribution in [0.3, 0.4) is 0 Å². The van der Waals surface area contributed by atoms with E-state index >= 15 is 0 Å². The van der Waals surface area contributed by atoms with Gasteiger partial charge in [-0.3, -0.25) is 14.6 Å².